The number of rotatable bonds is 5. The van der Waals surface area contributed by atoms with Crippen LogP contribution < -0.4 is 4.74 Å². The molecule has 0 radical (unpaired) electrons. The summed E-state index contributed by atoms with van der Waals surface area (Å²) in [5, 5.41) is 11.2. The van der Waals surface area contributed by atoms with E-state index in [2.05, 4.69) is 61.8 Å². The van der Waals surface area contributed by atoms with Crippen molar-refractivity contribution in [3.63, 3.8) is 0 Å². The molecule has 1 aliphatic rings. The summed E-state index contributed by atoms with van der Waals surface area (Å²) in [6.45, 7) is 5.90. The fourth-order valence-corrected chi connectivity index (χ4v) is 4.28. The molecule has 0 atom stereocenters. The Morgan fingerprint density at radius 2 is 1.70 bits per heavy atom. The van der Waals surface area contributed by atoms with Crippen LogP contribution in [-0.2, 0) is 5.41 Å². The fourth-order valence-electron chi connectivity index (χ4n) is 4.28. The molecule has 2 nitrogen and oxygen atoms in total. The minimum Gasteiger partial charge on any atom is -0.497 e. The molecular weight excluding hydrogens is 368 g/mol. The van der Waals surface area contributed by atoms with Crippen molar-refractivity contribution in [1.29, 1.82) is 0 Å². The maximum Gasteiger partial charge on any atom is 0.125 e. The average molecular weight is 399 g/mol. The van der Waals surface area contributed by atoms with Gasteiger partial charge in [-0.15, -0.1) is 0 Å². The summed E-state index contributed by atoms with van der Waals surface area (Å²) in [6.07, 6.45) is 11.1. The number of hydrogen-bond acceptors (Lipinski definition) is 2. The number of hydrogen-bond donors (Lipinski definition) is 1. The molecule has 2 heteroatoms. The van der Waals surface area contributed by atoms with Crippen molar-refractivity contribution in [1.82, 2.24) is 0 Å². The van der Waals surface area contributed by atoms with Gasteiger partial charge in [-0.2, -0.15) is 0 Å². The molecule has 154 valence electrons. The van der Waals surface area contributed by atoms with Crippen LogP contribution in [0.25, 0.3) is 0 Å². The molecule has 1 fully saturated rings. The molecule has 0 unspecified atom stereocenters. The minimum atomic E-state index is -0.973. The standard InChI is InChI=1S/C28H30O2/c1-4-6-10-24(5-2)28(25-11-8-7-9-12-25)21-19-27(29,20-22-28)18-17-23-13-15-26(30-3)16-14-23/h4-16,29H,1,19-22H2,2-3H3/b10-6-,24-5+. The molecule has 30 heavy (non-hydrogen) atoms. The van der Waals surface area contributed by atoms with Crippen molar-refractivity contribution in [2.24, 2.45) is 0 Å². The Balaban J connectivity index is 1.86. The Kier molecular flexibility index (Phi) is 6.98. The van der Waals surface area contributed by atoms with Crippen LogP contribution in [0.1, 0.15) is 43.7 Å². The van der Waals surface area contributed by atoms with E-state index in [9.17, 15) is 5.11 Å². The van der Waals surface area contributed by atoms with Crippen LogP contribution in [0.2, 0.25) is 0 Å². The molecule has 0 saturated heterocycles. The first kappa shape index (κ1) is 21.7. The number of aliphatic hydroxyl groups is 1. The lowest BCUT2D eigenvalue weighted by Gasteiger charge is -2.44. The second-order valence-corrected chi connectivity index (χ2v) is 7.80. The predicted molar refractivity (Wildman–Crippen MR) is 125 cm³/mol. The maximum absolute atomic E-state index is 11.2. The molecule has 1 saturated carbocycles. The van der Waals surface area contributed by atoms with E-state index in [-0.39, 0.29) is 5.41 Å². The Morgan fingerprint density at radius 3 is 2.27 bits per heavy atom. The van der Waals surface area contributed by atoms with Gasteiger partial charge < -0.3 is 9.84 Å². The first-order valence-electron chi connectivity index (χ1n) is 10.5. The van der Waals surface area contributed by atoms with Crippen molar-refractivity contribution in [3.8, 4) is 17.6 Å². The van der Waals surface area contributed by atoms with E-state index < -0.39 is 5.60 Å². The third kappa shape index (κ3) is 4.75. The van der Waals surface area contributed by atoms with Crippen LogP contribution in [0.3, 0.4) is 0 Å². The van der Waals surface area contributed by atoms with Crippen LogP contribution in [0, 0.1) is 11.8 Å². The number of ether oxygens (including phenoxy) is 1. The summed E-state index contributed by atoms with van der Waals surface area (Å²) in [5.74, 6) is 7.11. The lowest BCUT2D eigenvalue weighted by molar-refractivity contribution is 0.0421. The summed E-state index contributed by atoms with van der Waals surface area (Å²) in [7, 11) is 1.65. The Bertz CT molecular complexity index is 961. The lowest BCUT2D eigenvalue weighted by Crippen LogP contribution is -2.41. The largest absolute Gasteiger partial charge is 0.497 e. The zero-order valence-corrected chi connectivity index (χ0v) is 17.9. The summed E-state index contributed by atoms with van der Waals surface area (Å²) in [6, 6.07) is 18.2. The normalized spacial score (nSPS) is 24.2. The van der Waals surface area contributed by atoms with Gasteiger partial charge in [-0.3, -0.25) is 0 Å². The Labute approximate surface area is 180 Å². The van der Waals surface area contributed by atoms with Crippen molar-refractivity contribution < 1.29 is 9.84 Å². The van der Waals surface area contributed by atoms with Crippen molar-refractivity contribution in [2.45, 2.75) is 43.6 Å². The zero-order chi connectivity index (χ0) is 21.5. The second-order valence-electron chi connectivity index (χ2n) is 7.80. The average Bonchev–Trinajstić information content (AvgIpc) is 2.80. The Hall–Kier alpha value is -3.02. The molecule has 0 amide bonds. The SMILES string of the molecule is C=C/C=C\C(=C/C)C1(c2ccccc2)CCC(O)(C#Cc2ccc(OC)cc2)CC1. The van der Waals surface area contributed by atoms with Gasteiger partial charge in [0, 0.05) is 11.0 Å². The number of allylic oxidation sites excluding steroid dienone is 5. The van der Waals surface area contributed by atoms with E-state index in [4.69, 9.17) is 4.74 Å². The van der Waals surface area contributed by atoms with Gasteiger partial charge in [-0.1, -0.05) is 73.1 Å². The predicted octanol–water partition coefficient (Wildman–Crippen LogP) is 5.98. The quantitative estimate of drug-likeness (QED) is 0.496. The van der Waals surface area contributed by atoms with E-state index >= 15 is 0 Å². The highest BCUT2D eigenvalue weighted by Gasteiger charge is 2.43. The van der Waals surface area contributed by atoms with Crippen molar-refractivity contribution >= 4 is 0 Å². The molecule has 1 N–H and O–H groups in total. The van der Waals surface area contributed by atoms with E-state index in [0.717, 1.165) is 24.2 Å². The molecule has 2 aromatic rings. The van der Waals surface area contributed by atoms with Gasteiger partial charge in [0.05, 0.1) is 7.11 Å². The summed E-state index contributed by atoms with van der Waals surface area (Å²) >= 11 is 0. The zero-order valence-electron chi connectivity index (χ0n) is 17.9. The summed E-state index contributed by atoms with van der Waals surface area (Å²) in [5.41, 5.74) is 2.34. The molecule has 0 aliphatic heterocycles. The smallest absolute Gasteiger partial charge is 0.125 e. The third-order valence-corrected chi connectivity index (χ3v) is 6.06. The minimum absolute atomic E-state index is 0.121. The van der Waals surface area contributed by atoms with E-state index in [1.165, 1.54) is 11.1 Å². The Morgan fingerprint density at radius 1 is 1.03 bits per heavy atom. The summed E-state index contributed by atoms with van der Waals surface area (Å²) in [4.78, 5) is 0. The van der Waals surface area contributed by atoms with E-state index in [0.29, 0.717) is 12.8 Å². The van der Waals surface area contributed by atoms with E-state index in [1.54, 1.807) is 7.11 Å². The monoisotopic (exact) mass is 398 g/mol. The van der Waals surface area contributed by atoms with Crippen LogP contribution in [0.4, 0.5) is 0 Å². The van der Waals surface area contributed by atoms with Gasteiger partial charge in [0.1, 0.15) is 11.4 Å². The van der Waals surface area contributed by atoms with Gasteiger partial charge in [0.25, 0.3) is 0 Å². The number of methoxy groups -OCH3 is 1. The molecule has 0 spiro atoms. The second kappa shape index (κ2) is 9.65. The molecule has 0 heterocycles. The first-order valence-corrected chi connectivity index (χ1v) is 10.5. The van der Waals surface area contributed by atoms with Crippen LogP contribution >= 0.6 is 0 Å². The topological polar surface area (TPSA) is 29.5 Å². The molecule has 2 aromatic carbocycles. The van der Waals surface area contributed by atoms with Gasteiger partial charge in [0.2, 0.25) is 0 Å². The summed E-state index contributed by atoms with van der Waals surface area (Å²) < 4.78 is 5.19. The van der Waals surface area contributed by atoms with E-state index in [1.807, 2.05) is 42.5 Å². The highest BCUT2D eigenvalue weighted by Crippen LogP contribution is 2.48. The van der Waals surface area contributed by atoms with Crippen LogP contribution in [-0.4, -0.2) is 17.8 Å². The number of benzene rings is 2. The van der Waals surface area contributed by atoms with Gasteiger partial charge >= 0.3 is 0 Å². The highest BCUT2D eigenvalue weighted by atomic mass is 16.5. The van der Waals surface area contributed by atoms with Gasteiger partial charge in [0.15, 0.2) is 0 Å². The molecule has 0 bridgehead atoms. The molecule has 3 rings (SSSR count). The highest BCUT2D eigenvalue weighted by molar-refractivity contribution is 5.45. The molecule has 1 aliphatic carbocycles. The first-order chi connectivity index (χ1) is 14.5. The van der Waals surface area contributed by atoms with Gasteiger partial charge in [-0.25, -0.2) is 0 Å². The van der Waals surface area contributed by atoms with Crippen LogP contribution in [0.5, 0.6) is 5.75 Å². The molecular formula is C28H30O2. The lowest BCUT2D eigenvalue weighted by atomic mass is 9.61. The van der Waals surface area contributed by atoms with Gasteiger partial charge in [-0.05, 0) is 68.0 Å². The molecule has 0 aromatic heterocycles. The fraction of sp³-hybridized carbons (Fsp3) is 0.286. The third-order valence-electron chi connectivity index (χ3n) is 6.06. The van der Waals surface area contributed by atoms with Crippen LogP contribution in [0.15, 0.2) is 91.1 Å². The maximum atomic E-state index is 11.2. The van der Waals surface area contributed by atoms with Crippen molar-refractivity contribution in [3.05, 3.63) is 102 Å². The van der Waals surface area contributed by atoms with Crippen molar-refractivity contribution in [2.75, 3.05) is 7.11 Å².